The number of aliphatic carboxylic acids is 1. The number of carbonyl (C=O) groups is 2. The van der Waals surface area contributed by atoms with Crippen LogP contribution in [0.2, 0.25) is 0 Å². The number of carboxylic acids is 1. The van der Waals surface area contributed by atoms with E-state index >= 15 is 0 Å². The number of rotatable bonds is 3. The van der Waals surface area contributed by atoms with Gasteiger partial charge in [0.05, 0.1) is 5.92 Å². The molecule has 1 unspecified atom stereocenters. The predicted molar refractivity (Wildman–Crippen MR) is 48.4 cm³/mol. The zero-order chi connectivity index (χ0) is 9.84. The van der Waals surface area contributed by atoms with E-state index in [1.807, 2.05) is 6.92 Å². The van der Waals surface area contributed by atoms with E-state index in [0.717, 1.165) is 18.4 Å². The number of hydrogen-bond acceptors (Lipinski definition) is 2. The number of allylic oxidation sites excluding steroid dienone is 1. The van der Waals surface area contributed by atoms with Crippen LogP contribution in [0.4, 0.5) is 0 Å². The molecule has 0 fully saturated rings. The molecule has 0 heterocycles. The molecule has 0 radical (unpaired) electrons. The summed E-state index contributed by atoms with van der Waals surface area (Å²) in [5.41, 5.74) is 0.797. The van der Waals surface area contributed by atoms with Gasteiger partial charge in [0.25, 0.3) is 0 Å². The molecule has 1 aliphatic carbocycles. The van der Waals surface area contributed by atoms with E-state index in [1.54, 1.807) is 0 Å². The molecule has 0 bridgehead atoms. The monoisotopic (exact) mass is 182 g/mol. The first-order valence-electron chi connectivity index (χ1n) is 4.61. The fourth-order valence-corrected chi connectivity index (χ4v) is 1.67. The third-order valence-corrected chi connectivity index (χ3v) is 2.31. The zero-order valence-corrected chi connectivity index (χ0v) is 7.75. The van der Waals surface area contributed by atoms with Crippen LogP contribution in [0.1, 0.15) is 32.6 Å². The van der Waals surface area contributed by atoms with Crippen molar-refractivity contribution < 1.29 is 14.7 Å². The van der Waals surface area contributed by atoms with Crippen LogP contribution in [-0.4, -0.2) is 16.9 Å². The van der Waals surface area contributed by atoms with E-state index in [4.69, 9.17) is 5.11 Å². The highest BCUT2D eigenvalue weighted by atomic mass is 16.4. The lowest BCUT2D eigenvalue weighted by Gasteiger charge is -2.19. The van der Waals surface area contributed by atoms with Crippen LogP contribution in [-0.2, 0) is 9.59 Å². The molecular weight excluding hydrogens is 168 g/mol. The normalized spacial score (nSPS) is 22.7. The van der Waals surface area contributed by atoms with Crippen molar-refractivity contribution in [3.05, 3.63) is 11.6 Å². The number of carboxylic acid groups (broad SMARTS) is 1. The van der Waals surface area contributed by atoms with Gasteiger partial charge in [-0.05, 0) is 18.9 Å². The molecule has 0 aromatic heterocycles. The lowest BCUT2D eigenvalue weighted by Crippen LogP contribution is -2.21. The van der Waals surface area contributed by atoms with Crippen molar-refractivity contribution in [3.8, 4) is 0 Å². The lowest BCUT2D eigenvalue weighted by molar-refractivity contribution is -0.140. The fourth-order valence-electron chi connectivity index (χ4n) is 1.67. The van der Waals surface area contributed by atoms with Crippen LogP contribution in [0.25, 0.3) is 0 Å². The highest BCUT2D eigenvalue weighted by Crippen LogP contribution is 2.26. The van der Waals surface area contributed by atoms with Gasteiger partial charge in [0.15, 0.2) is 5.78 Å². The van der Waals surface area contributed by atoms with Gasteiger partial charge < -0.3 is 5.11 Å². The first-order chi connectivity index (χ1) is 6.15. The molecule has 0 saturated carbocycles. The molecule has 72 valence electrons. The van der Waals surface area contributed by atoms with Crippen LogP contribution in [0, 0.1) is 5.92 Å². The van der Waals surface area contributed by atoms with Crippen LogP contribution in [0.5, 0.6) is 0 Å². The van der Waals surface area contributed by atoms with Crippen molar-refractivity contribution in [1.29, 1.82) is 0 Å². The van der Waals surface area contributed by atoms with Gasteiger partial charge in [0.2, 0.25) is 0 Å². The minimum Gasteiger partial charge on any atom is -0.481 e. The van der Waals surface area contributed by atoms with Gasteiger partial charge in [-0.15, -0.1) is 0 Å². The van der Waals surface area contributed by atoms with E-state index in [9.17, 15) is 9.59 Å². The first kappa shape index (κ1) is 9.96. The van der Waals surface area contributed by atoms with E-state index < -0.39 is 11.9 Å². The smallest absolute Gasteiger partial charge is 0.310 e. The Hall–Kier alpha value is -1.12. The van der Waals surface area contributed by atoms with E-state index in [-0.39, 0.29) is 5.78 Å². The third kappa shape index (κ3) is 2.41. The van der Waals surface area contributed by atoms with Crippen molar-refractivity contribution in [3.63, 3.8) is 0 Å². The molecule has 1 atom stereocenters. The van der Waals surface area contributed by atoms with E-state index in [2.05, 4.69) is 0 Å². The van der Waals surface area contributed by atoms with Crippen molar-refractivity contribution >= 4 is 11.8 Å². The summed E-state index contributed by atoms with van der Waals surface area (Å²) in [5, 5.41) is 8.87. The van der Waals surface area contributed by atoms with Crippen molar-refractivity contribution in [1.82, 2.24) is 0 Å². The zero-order valence-electron chi connectivity index (χ0n) is 7.75. The molecule has 0 spiro atoms. The Bertz CT molecular complexity index is 253. The minimum atomic E-state index is -0.799. The summed E-state index contributed by atoms with van der Waals surface area (Å²) in [6, 6.07) is 0. The van der Waals surface area contributed by atoms with Gasteiger partial charge in [0.1, 0.15) is 0 Å². The van der Waals surface area contributed by atoms with Crippen LogP contribution in [0.3, 0.4) is 0 Å². The Balaban J connectivity index is 2.79. The Morgan fingerprint density at radius 1 is 1.69 bits per heavy atom. The molecule has 3 nitrogen and oxygen atoms in total. The SMILES string of the molecule is CCCC1=CC(=O)CCC1C(=O)O. The van der Waals surface area contributed by atoms with Crippen LogP contribution in [0.15, 0.2) is 11.6 Å². The second kappa shape index (κ2) is 4.21. The van der Waals surface area contributed by atoms with Gasteiger partial charge in [-0.2, -0.15) is 0 Å². The maximum absolute atomic E-state index is 11.0. The quantitative estimate of drug-likeness (QED) is 0.723. The van der Waals surface area contributed by atoms with Gasteiger partial charge in [0, 0.05) is 6.42 Å². The molecule has 0 aromatic carbocycles. The number of carbonyl (C=O) groups excluding carboxylic acids is 1. The first-order valence-corrected chi connectivity index (χ1v) is 4.61. The highest BCUT2D eigenvalue weighted by molar-refractivity contribution is 5.93. The Labute approximate surface area is 77.4 Å². The summed E-state index contributed by atoms with van der Waals surface area (Å²) in [6.07, 6.45) is 3.99. The van der Waals surface area contributed by atoms with Gasteiger partial charge in [-0.3, -0.25) is 9.59 Å². The van der Waals surface area contributed by atoms with Crippen LogP contribution < -0.4 is 0 Å². The van der Waals surface area contributed by atoms with Crippen LogP contribution >= 0.6 is 0 Å². The van der Waals surface area contributed by atoms with Crippen molar-refractivity contribution in [2.45, 2.75) is 32.6 Å². The summed E-state index contributed by atoms with van der Waals surface area (Å²) in [7, 11) is 0. The average molecular weight is 182 g/mol. The van der Waals surface area contributed by atoms with E-state index in [1.165, 1.54) is 6.08 Å². The molecular formula is C10H14O3. The lowest BCUT2D eigenvalue weighted by atomic mass is 9.85. The maximum Gasteiger partial charge on any atom is 0.310 e. The summed E-state index contributed by atoms with van der Waals surface area (Å²) < 4.78 is 0. The number of ketones is 1. The molecule has 3 heteroatoms. The predicted octanol–water partition coefficient (Wildman–Crippen LogP) is 1.78. The Morgan fingerprint density at radius 2 is 2.38 bits per heavy atom. The topological polar surface area (TPSA) is 54.4 Å². The fraction of sp³-hybridized carbons (Fsp3) is 0.600. The Kier molecular flexibility index (Phi) is 3.23. The Morgan fingerprint density at radius 3 is 2.92 bits per heavy atom. The summed E-state index contributed by atoms with van der Waals surface area (Å²) >= 11 is 0. The van der Waals surface area contributed by atoms with Gasteiger partial charge in [-0.1, -0.05) is 18.9 Å². The molecule has 0 aromatic rings. The van der Waals surface area contributed by atoms with Crippen molar-refractivity contribution in [2.24, 2.45) is 5.92 Å². The molecule has 13 heavy (non-hydrogen) atoms. The van der Waals surface area contributed by atoms with Crippen molar-refractivity contribution in [2.75, 3.05) is 0 Å². The highest BCUT2D eigenvalue weighted by Gasteiger charge is 2.26. The molecule has 0 amide bonds. The summed E-state index contributed by atoms with van der Waals surface area (Å²) in [6.45, 7) is 1.98. The molecule has 1 aliphatic rings. The number of hydrogen-bond donors (Lipinski definition) is 1. The largest absolute Gasteiger partial charge is 0.481 e. The standard InChI is InChI=1S/C10H14O3/c1-2-3-7-6-8(11)4-5-9(7)10(12)13/h6,9H,2-5H2,1H3,(H,12,13). The molecule has 0 aliphatic heterocycles. The molecule has 0 saturated heterocycles. The molecule has 1 N–H and O–H groups in total. The minimum absolute atomic E-state index is 0.0703. The summed E-state index contributed by atoms with van der Waals surface area (Å²) in [5.74, 6) is -1.15. The van der Waals surface area contributed by atoms with E-state index in [0.29, 0.717) is 12.8 Å². The maximum atomic E-state index is 11.0. The molecule has 1 rings (SSSR count). The van der Waals surface area contributed by atoms with Gasteiger partial charge >= 0.3 is 5.97 Å². The second-order valence-electron chi connectivity index (χ2n) is 3.37. The summed E-state index contributed by atoms with van der Waals surface area (Å²) in [4.78, 5) is 21.8. The average Bonchev–Trinajstić information content (AvgIpc) is 2.04. The van der Waals surface area contributed by atoms with Gasteiger partial charge in [-0.25, -0.2) is 0 Å². The second-order valence-corrected chi connectivity index (χ2v) is 3.37. The third-order valence-electron chi connectivity index (χ3n) is 2.31.